The van der Waals surface area contributed by atoms with Crippen LogP contribution in [0.2, 0.25) is 5.02 Å². The third-order valence-corrected chi connectivity index (χ3v) is 3.37. The summed E-state index contributed by atoms with van der Waals surface area (Å²) in [5.74, 6) is 0. The highest BCUT2D eigenvalue weighted by atomic mass is 79.9. The van der Waals surface area contributed by atoms with E-state index in [9.17, 15) is 0 Å². The highest BCUT2D eigenvalue weighted by Gasteiger charge is 2.19. The SMILES string of the molecule is CC(C)(CCCBr)c1ccc(Cl)cc1. The maximum absolute atomic E-state index is 5.86. The molecule has 0 radical (unpaired) electrons. The number of benzene rings is 1. The first-order valence-electron chi connectivity index (χ1n) is 4.88. The van der Waals surface area contributed by atoms with Gasteiger partial charge in [-0.05, 0) is 36.0 Å². The fourth-order valence-electron chi connectivity index (χ4n) is 1.55. The zero-order valence-electron chi connectivity index (χ0n) is 8.69. The Morgan fingerprint density at radius 1 is 1.21 bits per heavy atom. The standard InChI is InChI=1S/C12H16BrCl/c1-12(2,8-3-9-13)10-4-6-11(14)7-5-10/h4-7H,3,8-9H2,1-2H3. The van der Waals surface area contributed by atoms with E-state index < -0.39 is 0 Å². The van der Waals surface area contributed by atoms with Crippen molar-refractivity contribution in [3.05, 3.63) is 34.9 Å². The molecule has 0 fully saturated rings. The molecule has 0 saturated carbocycles. The van der Waals surface area contributed by atoms with Gasteiger partial charge in [0.25, 0.3) is 0 Å². The van der Waals surface area contributed by atoms with Crippen LogP contribution in [-0.4, -0.2) is 5.33 Å². The number of halogens is 2. The molecule has 0 aliphatic carbocycles. The minimum atomic E-state index is 0.248. The van der Waals surface area contributed by atoms with Gasteiger partial charge in [-0.1, -0.05) is 53.5 Å². The molecule has 0 aliphatic rings. The van der Waals surface area contributed by atoms with Crippen molar-refractivity contribution in [1.29, 1.82) is 0 Å². The average Bonchev–Trinajstić information content (AvgIpc) is 2.16. The lowest BCUT2D eigenvalue weighted by atomic mass is 9.81. The van der Waals surface area contributed by atoms with Crippen molar-refractivity contribution in [2.45, 2.75) is 32.1 Å². The monoisotopic (exact) mass is 274 g/mol. The summed E-state index contributed by atoms with van der Waals surface area (Å²) in [4.78, 5) is 0. The molecule has 1 rings (SSSR count). The summed E-state index contributed by atoms with van der Waals surface area (Å²) in [7, 11) is 0. The molecule has 0 spiro atoms. The maximum Gasteiger partial charge on any atom is 0.0406 e. The molecule has 2 heteroatoms. The van der Waals surface area contributed by atoms with E-state index in [4.69, 9.17) is 11.6 Å². The lowest BCUT2D eigenvalue weighted by Gasteiger charge is -2.25. The van der Waals surface area contributed by atoms with Crippen LogP contribution in [0.15, 0.2) is 24.3 Å². The second-order valence-corrected chi connectivity index (χ2v) is 5.41. The molecule has 0 unspecified atom stereocenters. The molecule has 78 valence electrons. The van der Waals surface area contributed by atoms with Gasteiger partial charge in [-0.2, -0.15) is 0 Å². The Balaban J connectivity index is 2.75. The Morgan fingerprint density at radius 2 is 1.79 bits per heavy atom. The smallest absolute Gasteiger partial charge is 0.0406 e. The zero-order chi connectivity index (χ0) is 10.6. The van der Waals surface area contributed by atoms with Crippen molar-refractivity contribution in [1.82, 2.24) is 0 Å². The summed E-state index contributed by atoms with van der Waals surface area (Å²) in [5.41, 5.74) is 1.61. The van der Waals surface area contributed by atoms with Crippen LogP contribution in [0.25, 0.3) is 0 Å². The fraction of sp³-hybridized carbons (Fsp3) is 0.500. The third-order valence-electron chi connectivity index (χ3n) is 2.56. The van der Waals surface area contributed by atoms with Crippen LogP contribution in [0.4, 0.5) is 0 Å². The summed E-state index contributed by atoms with van der Waals surface area (Å²) in [6, 6.07) is 8.17. The normalized spacial score (nSPS) is 11.7. The summed E-state index contributed by atoms with van der Waals surface area (Å²) >= 11 is 9.32. The molecule has 0 aromatic heterocycles. The summed E-state index contributed by atoms with van der Waals surface area (Å²) < 4.78 is 0. The topological polar surface area (TPSA) is 0 Å². The Hall–Kier alpha value is -0.0100. The molecule has 1 aromatic carbocycles. The van der Waals surface area contributed by atoms with Crippen molar-refractivity contribution in [2.24, 2.45) is 0 Å². The van der Waals surface area contributed by atoms with Gasteiger partial charge in [-0.25, -0.2) is 0 Å². The molecule has 14 heavy (non-hydrogen) atoms. The van der Waals surface area contributed by atoms with E-state index >= 15 is 0 Å². The van der Waals surface area contributed by atoms with Gasteiger partial charge in [-0.15, -0.1) is 0 Å². The third kappa shape index (κ3) is 3.29. The predicted molar refractivity (Wildman–Crippen MR) is 67.5 cm³/mol. The second kappa shape index (κ2) is 5.18. The number of alkyl halides is 1. The van der Waals surface area contributed by atoms with Gasteiger partial charge < -0.3 is 0 Å². The van der Waals surface area contributed by atoms with Crippen LogP contribution in [0.5, 0.6) is 0 Å². The Labute approximate surface area is 99.8 Å². The predicted octanol–water partition coefficient (Wildman–Crippen LogP) is 4.79. The molecule has 0 nitrogen and oxygen atoms in total. The zero-order valence-corrected chi connectivity index (χ0v) is 11.0. The molecular formula is C12H16BrCl. The fourth-order valence-corrected chi connectivity index (χ4v) is 1.96. The largest absolute Gasteiger partial charge is 0.0928 e. The van der Waals surface area contributed by atoms with Crippen LogP contribution in [0.3, 0.4) is 0 Å². The molecule has 0 bridgehead atoms. The van der Waals surface area contributed by atoms with Crippen LogP contribution in [-0.2, 0) is 5.41 Å². The highest BCUT2D eigenvalue weighted by Crippen LogP contribution is 2.29. The van der Waals surface area contributed by atoms with E-state index in [0.29, 0.717) is 0 Å². The van der Waals surface area contributed by atoms with E-state index in [1.807, 2.05) is 12.1 Å². The van der Waals surface area contributed by atoms with E-state index in [1.165, 1.54) is 18.4 Å². The maximum atomic E-state index is 5.86. The summed E-state index contributed by atoms with van der Waals surface area (Å²) in [6.45, 7) is 4.55. The van der Waals surface area contributed by atoms with Gasteiger partial charge in [-0.3, -0.25) is 0 Å². The molecule has 0 N–H and O–H groups in total. The van der Waals surface area contributed by atoms with Crippen molar-refractivity contribution in [3.8, 4) is 0 Å². The molecule has 0 aliphatic heterocycles. The van der Waals surface area contributed by atoms with Gasteiger partial charge in [0.15, 0.2) is 0 Å². The van der Waals surface area contributed by atoms with Gasteiger partial charge in [0.1, 0.15) is 0 Å². The molecule has 0 saturated heterocycles. The minimum absolute atomic E-state index is 0.248. The van der Waals surface area contributed by atoms with Crippen molar-refractivity contribution < 1.29 is 0 Å². The average molecular weight is 276 g/mol. The van der Waals surface area contributed by atoms with Crippen molar-refractivity contribution >= 4 is 27.5 Å². The van der Waals surface area contributed by atoms with Gasteiger partial charge in [0.05, 0.1) is 0 Å². The molecule has 0 heterocycles. The van der Waals surface area contributed by atoms with Gasteiger partial charge in [0.2, 0.25) is 0 Å². The van der Waals surface area contributed by atoms with E-state index in [1.54, 1.807) is 0 Å². The van der Waals surface area contributed by atoms with E-state index in [-0.39, 0.29) is 5.41 Å². The van der Waals surface area contributed by atoms with Crippen LogP contribution >= 0.6 is 27.5 Å². The molecule has 0 amide bonds. The van der Waals surface area contributed by atoms with Crippen molar-refractivity contribution in [2.75, 3.05) is 5.33 Å². The molecule has 0 atom stereocenters. The minimum Gasteiger partial charge on any atom is -0.0928 e. The van der Waals surface area contributed by atoms with E-state index in [0.717, 1.165) is 10.4 Å². The van der Waals surface area contributed by atoms with Crippen LogP contribution < -0.4 is 0 Å². The van der Waals surface area contributed by atoms with Crippen molar-refractivity contribution in [3.63, 3.8) is 0 Å². The first-order chi connectivity index (χ1) is 6.56. The lowest BCUT2D eigenvalue weighted by Crippen LogP contribution is -2.16. The Bertz CT molecular complexity index is 277. The summed E-state index contributed by atoms with van der Waals surface area (Å²) in [5, 5.41) is 1.88. The lowest BCUT2D eigenvalue weighted by molar-refractivity contribution is 0.476. The Kier molecular flexibility index (Phi) is 4.46. The second-order valence-electron chi connectivity index (χ2n) is 4.18. The van der Waals surface area contributed by atoms with Crippen LogP contribution in [0.1, 0.15) is 32.3 Å². The van der Waals surface area contributed by atoms with Gasteiger partial charge >= 0.3 is 0 Å². The number of rotatable bonds is 4. The number of hydrogen-bond donors (Lipinski definition) is 0. The van der Waals surface area contributed by atoms with Gasteiger partial charge in [0, 0.05) is 10.4 Å². The summed E-state index contributed by atoms with van der Waals surface area (Å²) in [6.07, 6.45) is 2.40. The quantitative estimate of drug-likeness (QED) is 0.693. The molecule has 1 aromatic rings. The first kappa shape index (κ1) is 12.1. The van der Waals surface area contributed by atoms with E-state index in [2.05, 4.69) is 41.9 Å². The van der Waals surface area contributed by atoms with Crippen LogP contribution in [0, 0.1) is 0 Å². The first-order valence-corrected chi connectivity index (χ1v) is 6.38. The highest BCUT2D eigenvalue weighted by molar-refractivity contribution is 9.09. The molecular weight excluding hydrogens is 259 g/mol. The Morgan fingerprint density at radius 3 is 2.29 bits per heavy atom. The number of hydrogen-bond acceptors (Lipinski definition) is 0.